The first kappa shape index (κ1) is 23.3. The Bertz CT molecular complexity index is 901. The van der Waals surface area contributed by atoms with E-state index in [0.717, 1.165) is 11.1 Å². The summed E-state index contributed by atoms with van der Waals surface area (Å²) in [5.74, 6) is 0.201. The maximum atomic E-state index is 12.2. The van der Waals surface area contributed by atoms with Crippen molar-refractivity contribution >= 4 is 29.1 Å². The summed E-state index contributed by atoms with van der Waals surface area (Å²) in [7, 11) is 1.46. The fourth-order valence-electron chi connectivity index (χ4n) is 2.76. The predicted octanol–water partition coefficient (Wildman–Crippen LogP) is 3.75. The van der Waals surface area contributed by atoms with E-state index in [1.807, 2.05) is 32.0 Å². The molecule has 0 unspecified atom stereocenters. The largest absolute Gasteiger partial charge is 0.495 e. The fraction of sp³-hybridized carbons (Fsp3) is 0.364. The lowest BCUT2D eigenvalue weighted by Crippen LogP contribution is -2.36. The minimum Gasteiger partial charge on any atom is -0.495 e. The SMILES string of the molecule is CCOc1ccc(CCNC(=O)C(=O)Nc2cc(C)c(Cl)cc2OC)cc1OCC. The smallest absolute Gasteiger partial charge is 0.313 e. The molecule has 2 N–H and O–H groups in total. The van der Waals surface area contributed by atoms with Crippen molar-refractivity contribution in [3.8, 4) is 17.2 Å². The van der Waals surface area contributed by atoms with Gasteiger partial charge < -0.3 is 24.8 Å². The Morgan fingerprint density at radius 1 is 0.967 bits per heavy atom. The van der Waals surface area contributed by atoms with Crippen molar-refractivity contribution in [2.24, 2.45) is 0 Å². The number of halogens is 1. The molecule has 0 aromatic heterocycles. The number of methoxy groups -OCH3 is 1. The van der Waals surface area contributed by atoms with E-state index in [-0.39, 0.29) is 0 Å². The molecule has 0 fully saturated rings. The first-order valence-corrected chi connectivity index (χ1v) is 10.1. The summed E-state index contributed by atoms with van der Waals surface area (Å²) in [6, 6.07) is 8.87. The maximum absolute atomic E-state index is 12.2. The van der Waals surface area contributed by atoms with E-state index in [0.29, 0.717) is 54.1 Å². The number of carbonyl (C=O) groups is 2. The molecule has 0 spiro atoms. The Kier molecular flexibility index (Phi) is 8.80. The molecule has 8 heteroatoms. The van der Waals surface area contributed by atoms with Crippen LogP contribution in [0.5, 0.6) is 17.2 Å². The van der Waals surface area contributed by atoms with E-state index in [1.54, 1.807) is 19.1 Å². The zero-order chi connectivity index (χ0) is 22.1. The number of ether oxygens (including phenoxy) is 3. The molecule has 0 saturated heterocycles. The van der Waals surface area contributed by atoms with Gasteiger partial charge in [0.15, 0.2) is 11.5 Å². The Morgan fingerprint density at radius 3 is 2.33 bits per heavy atom. The van der Waals surface area contributed by atoms with E-state index in [4.69, 9.17) is 25.8 Å². The van der Waals surface area contributed by atoms with Crippen molar-refractivity contribution in [3.05, 3.63) is 46.5 Å². The standard InChI is InChI=1S/C22H27ClN2O5/c1-5-29-18-8-7-15(12-20(18)30-6-2)9-10-24-21(26)22(27)25-17-11-14(3)16(23)13-19(17)28-4/h7-8,11-13H,5-6,9-10H2,1-4H3,(H,24,26)(H,25,27). The number of anilines is 1. The van der Waals surface area contributed by atoms with Crippen molar-refractivity contribution < 1.29 is 23.8 Å². The van der Waals surface area contributed by atoms with Crippen molar-refractivity contribution in [1.82, 2.24) is 5.32 Å². The van der Waals surface area contributed by atoms with Crippen molar-refractivity contribution in [3.63, 3.8) is 0 Å². The van der Waals surface area contributed by atoms with Gasteiger partial charge in [0.1, 0.15) is 5.75 Å². The van der Waals surface area contributed by atoms with Crippen LogP contribution in [0.4, 0.5) is 5.69 Å². The van der Waals surface area contributed by atoms with Crippen LogP contribution in [0, 0.1) is 6.92 Å². The molecular weight excluding hydrogens is 408 g/mol. The number of nitrogens with one attached hydrogen (secondary N) is 2. The quantitative estimate of drug-likeness (QED) is 0.587. The number of carbonyl (C=O) groups excluding carboxylic acids is 2. The molecule has 0 atom stereocenters. The second-order valence-electron chi connectivity index (χ2n) is 6.41. The van der Waals surface area contributed by atoms with E-state index in [1.165, 1.54) is 7.11 Å². The minimum atomic E-state index is -0.781. The molecular formula is C22H27ClN2O5. The van der Waals surface area contributed by atoms with Gasteiger partial charge in [-0.05, 0) is 56.5 Å². The molecule has 0 radical (unpaired) electrons. The number of aryl methyl sites for hydroxylation is 1. The number of rotatable bonds is 9. The maximum Gasteiger partial charge on any atom is 0.313 e. The van der Waals surface area contributed by atoms with Crippen LogP contribution in [-0.4, -0.2) is 38.7 Å². The van der Waals surface area contributed by atoms with Crippen LogP contribution in [0.15, 0.2) is 30.3 Å². The van der Waals surface area contributed by atoms with Gasteiger partial charge in [0, 0.05) is 17.6 Å². The molecule has 0 aliphatic heterocycles. The van der Waals surface area contributed by atoms with Crippen molar-refractivity contribution in [2.75, 3.05) is 32.2 Å². The molecule has 0 saturated carbocycles. The highest BCUT2D eigenvalue weighted by Gasteiger charge is 2.17. The average Bonchev–Trinajstić information content (AvgIpc) is 2.72. The molecule has 7 nitrogen and oxygen atoms in total. The van der Waals surface area contributed by atoms with Gasteiger partial charge in [0.05, 0.1) is 26.0 Å². The van der Waals surface area contributed by atoms with Crippen LogP contribution < -0.4 is 24.8 Å². The van der Waals surface area contributed by atoms with Gasteiger partial charge in [-0.25, -0.2) is 0 Å². The summed E-state index contributed by atoms with van der Waals surface area (Å²) in [6.07, 6.45) is 0.537. The van der Waals surface area contributed by atoms with Gasteiger partial charge in [-0.3, -0.25) is 9.59 Å². The molecule has 2 aromatic carbocycles. The molecule has 0 aliphatic rings. The van der Waals surface area contributed by atoms with E-state index >= 15 is 0 Å². The fourth-order valence-corrected chi connectivity index (χ4v) is 2.91. The van der Waals surface area contributed by atoms with Gasteiger partial charge in [-0.2, -0.15) is 0 Å². The summed E-state index contributed by atoms with van der Waals surface area (Å²) in [5.41, 5.74) is 2.10. The normalized spacial score (nSPS) is 10.3. The minimum absolute atomic E-state index is 0.294. The Morgan fingerprint density at radius 2 is 1.67 bits per heavy atom. The molecule has 2 rings (SSSR count). The summed E-state index contributed by atoms with van der Waals surface area (Å²) >= 11 is 6.06. The van der Waals surface area contributed by atoms with Gasteiger partial charge in [0.25, 0.3) is 0 Å². The number of amides is 2. The lowest BCUT2D eigenvalue weighted by Gasteiger charge is -2.13. The zero-order valence-electron chi connectivity index (χ0n) is 17.6. The number of benzene rings is 2. The monoisotopic (exact) mass is 434 g/mol. The Hall–Kier alpha value is -2.93. The van der Waals surface area contributed by atoms with Crippen LogP contribution in [0.1, 0.15) is 25.0 Å². The summed E-state index contributed by atoms with van der Waals surface area (Å²) in [5, 5.41) is 5.68. The molecule has 0 aliphatic carbocycles. The lowest BCUT2D eigenvalue weighted by molar-refractivity contribution is -0.136. The molecule has 2 aromatic rings. The van der Waals surface area contributed by atoms with Crippen LogP contribution in [-0.2, 0) is 16.0 Å². The second kappa shape index (κ2) is 11.3. The van der Waals surface area contributed by atoms with Crippen LogP contribution >= 0.6 is 11.6 Å². The summed E-state index contributed by atoms with van der Waals surface area (Å²) in [4.78, 5) is 24.4. The first-order valence-electron chi connectivity index (χ1n) is 9.71. The van der Waals surface area contributed by atoms with E-state index in [2.05, 4.69) is 10.6 Å². The topological polar surface area (TPSA) is 85.9 Å². The molecule has 30 heavy (non-hydrogen) atoms. The Balaban J connectivity index is 1.94. The van der Waals surface area contributed by atoms with Gasteiger partial charge in [-0.1, -0.05) is 17.7 Å². The van der Waals surface area contributed by atoms with E-state index in [9.17, 15) is 9.59 Å². The first-order chi connectivity index (χ1) is 14.4. The molecule has 0 bridgehead atoms. The number of hydrogen-bond acceptors (Lipinski definition) is 5. The highest BCUT2D eigenvalue weighted by Crippen LogP contribution is 2.31. The molecule has 162 valence electrons. The summed E-state index contributed by atoms with van der Waals surface area (Å²) in [6.45, 7) is 6.97. The second-order valence-corrected chi connectivity index (χ2v) is 6.82. The average molecular weight is 435 g/mol. The van der Waals surface area contributed by atoms with Gasteiger partial charge >= 0.3 is 11.8 Å². The summed E-state index contributed by atoms with van der Waals surface area (Å²) < 4.78 is 16.4. The predicted molar refractivity (Wildman–Crippen MR) is 117 cm³/mol. The zero-order valence-corrected chi connectivity index (χ0v) is 18.4. The molecule has 0 heterocycles. The van der Waals surface area contributed by atoms with Crippen LogP contribution in [0.25, 0.3) is 0 Å². The third-order valence-electron chi connectivity index (χ3n) is 4.24. The van der Waals surface area contributed by atoms with Gasteiger partial charge in [0.2, 0.25) is 0 Å². The van der Waals surface area contributed by atoms with Gasteiger partial charge in [-0.15, -0.1) is 0 Å². The van der Waals surface area contributed by atoms with Crippen LogP contribution in [0.3, 0.4) is 0 Å². The van der Waals surface area contributed by atoms with Crippen LogP contribution in [0.2, 0.25) is 5.02 Å². The highest BCUT2D eigenvalue weighted by molar-refractivity contribution is 6.40. The Labute approximate surface area is 181 Å². The number of hydrogen-bond donors (Lipinski definition) is 2. The third-order valence-corrected chi connectivity index (χ3v) is 4.65. The molecule has 2 amide bonds. The van der Waals surface area contributed by atoms with E-state index < -0.39 is 11.8 Å². The third kappa shape index (κ3) is 6.29. The highest BCUT2D eigenvalue weighted by atomic mass is 35.5. The van der Waals surface area contributed by atoms with Crippen molar-refractivity contribution in [2.45, 2.75) is 27.2 Å². The van der Waals surface area contributed by atoms with Crippen molar-refractivity contribution in [1.29, 1.82) is 0 Å². The lowest BCUT2D eigenvalue weighted by atomic mass is 10.1.